The standard InChI is InChI=1S/C27H18ClN3O4S3/c1-15-3-2-10-30-23(15)29-24(37-18-7-5-17(28)6-8-18)19(25(30)32)12-22-26(33)31(27(36)38-22)13-16-4-9-20-21(11-16)35-14-34-20/h2-12H,13-14H2,1H3. The maximum absolute atomic E-state index is 13.7. The maximum Gasteiger partial charge on any atom is 0.266 e. The van der Waals surface area contributed by atoms with E-state index in [1.165, 1.54) is 32.8 Å². The molecule has 0 bridgehead atoms. The predicted octanol–water partition coefficient (Wildman–Crippen LogP) is 5.94. The summed E-state index contributed by atoms with van der Waals surface area (Å²) in [5.41, 5.74) is 2.33. The number of thiocarbonyl (C=S) groups is 1. The normalized spacial score (nSPS) is 15.7. The number of amides is 1. The van der Waals surface area contributed by atoms with Gasteiger partial charge in [0.2, 0.25) is 6.79 Å². The predicted molar refractivity (Wildman–Crippen MR) is 153 cm³/mol. The van der Waals surface area contributed by atoms with Crippen molar-refractivity contribution in [2.75, 3.05) is 6.79 Å². The lowest BCUT2D eigenvalue weighted by molar-refractivity contribution is -0.122. The van der Waals surface area contributed by atoms with E-state index in [9.17, 15) is 9.59 Å². The van der Waals surface area contributed by atoms with E-state index in [0.717, 1.165) is 16.0 Å². The molecule has 0 unspecified atom stereocenters. The van der Waals surface area contributed by atoms with Gasteiger partial charge in [-0.05, 0) is 66.6 Å². The third-order valence-electron chi connectivity index (χ3n) is 6.00. The lowest BCUT2D eigenvalue weighted by atomic mass is 10.2. The van der Waals surface area contributed by atoms with Crippen molar-refractivity contribution in [2.24, 2.45) is 0 Å². The van der Waals surface area contributed by atoms with Gasteiger partial charge in [0, 0.05) is 16.1 Å². The quantitative estimate of drug-likeness (QED) is 0.163. The molecule has 0 spiro atoms. The summed E-state index contributed by atoms with van der Waals surface area (Å²) in [6.45, 7) is 2.35. The third-order valence-corrected chi connectivity index (χ3v) is 8.65. The molecule has 0 atom stereocenters. The van der Waals surface area contributed by atoms with Gasteiger partial charge in [0.25, 0.3) is 11.5 Å². The van der Waals surface area contributed by atoms with E-state index in [4.69, 9.17) is 38.3 Å². The van der Waals surface area contributed by atoms with Crippen molar-refractivity contribution in [3.63, 3.8) is 0 Å². The van der Waals surface area contributed by atoms with Crippen LogP contribution >= 0.6 is 47.3 Å². The highest BCUT2D eigenvalue weighted by Gasteiger charge is 2.33. The molecule has 4 heterocycles. The van der Waals surface area contributed by atoms with Crippen LogP contribution in [-0.2, 0) is 11.3 Å². The van der Waals surface area contributed by atoms with Crippen molar-refractivity contribution in [2.45, 2.75) is 23.4 Å². The van der Waals surface area contributed by atoms with Gasteiger partial charge in [-0.3, -0.25) is 18.9 Å². The molecule has 2 aliphatic rings. The van der Waals surface area contributed by atoms with Crippen molar-refractivity contribution in [3.8, 4) is 11.5 Å². The average Bonchev–Trinajstić information content (AvgIpc) is 3.48. The van der Waals surface area contributed by atoms with Crippen molar-refractivity contribution in [1.82, 2.24) is 14.3 Å². The molecule has 38 heavy (non-hydrogen) atoms. The number of pyridine rings is 1. The van der Waals surface area contributed by atoms with Gasteiger partial charge >= 0.3 is 0 Å². The maximum atomic E-state index is 13.7. The van der Waals surface area contributed by atoms with Gasteiger partial charge in [-0.15, -0.1) is 0 Å². The van der Waals surface area contributed by atoms with Gasteiger partial charge in [0.05, 0.1) is 17.0 Å². The molecule has 11 heteroatoms. The highest BCUT2D eigenvalue weighted by Crippen LogP contribution is 2.38. The summed E-state index contributed by atoms with van der Waals surface area (Å²) in [7, 11) is 0. The molecule has 0 radical (unpaired) electrons. The summed E-state index contributed by atoms with van der Waals surface area (Å²) in [4.78, 5) is 34.7. The van der Waals surface area contributed by atoms with Crippen molar-refractivity contribution < 1.29 is 14.3 Å². The van der Waals surface area contributed by atoms with Gasteiger partial charge in [-0.2, -0.15) is 0 Å². The van der Waals surface area contributed by atoms with E-state index in [1.54, 1.807) is 30.5 Å². The van der Waals surface area contributed by atoms with Crippen LogP contribution in [0, 0.1) is 6.92 Å². The number of hydrogen-bond donors (Lipinski definition) is 0. The van der Waals surface area contributed by atoms with Crippen molar-refractivity contribution in [3.05, 3.63) is 97.8 Å². The molecule has 2 aliphatic heterocycles. The van der Waals surface area contributed by atoms with Crippen LogP contribution in [0.15, 0.2) is 80.4 Å². The first kappa shape index (κ1) is 25.0. The molecular formula is C27H18ClN3O4S3. The number of carbonyl (C=O) groups is 1. The number of aryl methyl sites for hydroxylation is 1. The Morgan fingerprint density at radius 1 is 1.13 bits per heavy atom. The minimum absolute atomic E-state index is 0.174. The zero-order valence-corrected chi connectivity index (χ0v) is 23.0. The Balaban J connectivity index is 1.38. The van der Waals surface area contributed by atoms with E-state index < -0.39 is 0 Å². The van der Waals surface area contributed by atoms with Crippen LogP contribution in [0.1, 0.15) is 16.7 Å². The van der Waals surface area contributed by atoms with Crippen LogP contribution in [-0.4, -0.2) is 31.3 Å². The number of halogens is 1. The summed E-state index contributed by atoms with van der Waals surface area (Å²) in [5.74, 6) is 1.04. The fourth-order valence-corrected chi connectivity index (χ4v) is 6.34. The molecule has 1 saturated heterocycles. The second kappa shape index (κ2) is 10.1. The fourth-order valence-electron chi connectivity index (χ4n) is 4.10. The zero-order valence-electron chi connectivity index (χ0n) is 19.8. The van der Waals surface area contributed by atoms with Crippen molar-refractivity contribution >= 4 is 69.3 Å². The molecule has 4 aromatic rings. The summed E-state index contributed by atoms with van der Waals surface area (Å²) in [6.07, 6.45) is 3.28. The molecular weight excluding hydrogens is 562 g/mol. The third kappa shape index (κ3) is 4.69. The van der Waals surface area contributed by atoms with E-state index in [-0.39, 0.29) is 24.8 Å². The lowest BCUT2D eigenvalue weighted by Crippen LogP contribution is -2.27. The molecule has 2 aromatic carbocycles. The summed E-state index contributed by atoms with van der Waals surface area (Å²) in [5, 5.41) is 1.11. The van der Waals surface area contributed by atoms with Gasteiger partial charge in [0.15, 0.2) is 11.5 Å². The van der Waals surface area contributed by atoms with E-state index in [1.807, 2.05) is 43.3 Å². The number of nitrogens with zero attached hydrogens (tertiary/aromatic N) is 3. The molecule has 6 rings (SSSR count). The first-order chi connectivity index (χ1) is 18.4. The largest absolute Gasteiger partial charge is 0.454 e. The van der Waals surface area contributed by atoms with Crippen LogP contribution in [0.25, 0.3) is 11.7 Å². The number of thioether (sulfide) groups is 1. The molecule has 0 N–H and O–H groups in total. The number of hydrogen-bond acceptors (Lipinski definition) is 8. The molecule has 1 fully saturated rings. The molecule has 7 nitrogen and oxygen atoms in total. The van der Waals surface area contributed by atoms with Gasteiger partial charge in [0.1, 0.15) is 15.0 Å². The highest BCUT2D eigenvalue weighted by molar-refractivity contribution is 8.26. The second-order valence-corrected chi connectivity index (χ2v) is 11.7. The summed E-state index contributed by atoms with van der Waals surface area (Å²) in [6, 6.07) is 16.5. The monoisotopic (exact) mass is 579 g/mol. The van der Waals surface area contributed by atoms with Crippen LogP contribution in [0.3, 0.4) is 0 Å². The Labute approximate surface area is 236 Å². The molecule has 0 aliphatic carbocycles. The first-order valence-electron chi connectivity index (χ1n) is 11.5. The van der Waals surface area contributed by atoms with Crippen LogP contribution in [0.5, 0.6) is 11.5 Å². The number of fused-ring (bicyclic) bond motifs is 2. The number of carbonyl (C=O) groups excluding carboxylic acids is 1. The van der Waals surface area contributed by atoms with E-state index >= 15 is 0 Å². The van der Waals surface area contributed by atoms with Gasteiger partial charge < -0.3 is 9.47 Å². The van der Waals surface area contributed by atoms with Crippen LogP contribution < -0.4 is 15.0 Å². The average molecular weight is 580 g/mol. The Bertz CT molecular complexity index is 1720. The Hall–Kier alpha value is -3.31. The number of benzene rings is 2. The Kier molecular flexibility index (Phi) is 6.65. The van der Waals surface area contributed by atoms with Crippen LogP contribution in [0.2, 0.25) is 5.02 Å². The molecule has 0 saturated carbocycles. The van der Waals surface area contributed by atoms with Crippen molar-refractivity contribution in [1.29, 1.82) is 0 Å². The SMILES string of the molecule is Cc1cccn2c(=O)c(C=C3SC(=S)N(Cc4ccc5c(c4)OCO5)C3=O)c(Sc3ccc(Cl)cc3)nc12. The van der Waals surface area contributed by atoms with E-state index in [0.29, 0.717) is 42.0 Å². The lowest BCUT2D eigenvalue weighted by Gasteiger charge is -2.14. The number of ether oxygens (including phenoxy) is 2. The number of aromatic nitrogens is 2. The van der Waals surface area contributed by atoms with E-state index in [2.05, 4.69) is 0 Å². The smallest absolute Gasteiger partial charge is 0.266 e. The summed E-state index contributed by atoms with van der Waals surface area (Å²) < 4.78 is 12.7. The Morgan fingerprint density at radius 3 is 2.74 bits per heavy atom. The highest BCUT2D eigenvalue weighted by atomic mass is 35.5. The van der Waals surface area contributed by atoms with Gasteiger partial charge in [-0.25, -0.2) is 4.98 Å². The van der Waals surface area contributed by atoms with Gasteiger partial charge in [-0.1, -0.05) is 59.5 Å². The minimum atomic E-state index is -0.270. The summed E-state index contributed by atoms with van der Waals surface area (Å²) >= 11 is 14.1. The zero-order chi connectivity index (χ0) is 26.4. The molecule has 190 valence electrons. The minimum Gasteiger partial charge on any atom is -0.454 e. The first-order valence-corrected chi connectivity index (χ1v) is 13.9. The second-order valence-electron chi connectivity index (χ2n) is 8.53. The molecule has 2 aromatic heterocycles. The number of rotatable bonds is 5. The van der Waals surface area contributed by atoms with Crippen LogP contribution in [0.4, 0.5) is 0 Å². The topological polar surface area (TPSA) is 73.1 Å². The Morgan fingerprint density at radius 2 is 1.92 bits per heavy atom. The fraction of sp³-hybridized carbons (Fsp3) is 0.111. The molecule has 1 amide bonds.